The molecule has 1 rings (SSSR count). The number of benzene rings is 1. The van der Waals surface area contributed by atoms with Crippen LogP contribution in [0, 0.1) is 5.82 Å². The Bertz CT molecular complexity index is 299. The Balaban J connectivity index is 2.43. The maximum absolute atomic E-state index is 12.9. The first kappa shape index (κ1) is 12.0. The quantitative estimate of drug-likeness (QED) is 0.802. The monoisotopic (exact) mass is 210 g/mol. The number of nitrogens with zero attached hydrogens (tertiary/aromatic N) is 1. The molecule has 0 amide bonds. The fraction of sp³-hybridized carbons (Fsp3) is 0.500. The molecule has 0 unspecified atom stereocenters. The molecule has 1 aromatic carbocycles. The van der Waals surface area contributed by atoms with Gasteiger partial charge in [-0.3, -0.25) is 0 Å². The van der Waals surface area contributed by atoms with Crippen molar-refractivity contribution in [3.8, 4) is 0 Å². The van der Waals surface area contributed by atoms with Crippen LogP contribution in [0.4, 0.5) is 10.1 Å². The first-order valence-corrected chi connectivity index (χ1v) is 5.29. The fourth-order valence-corrected chi connectivity index (χ4v) is 1.36. The molecule has 0 aliphatic heterocycles. The first-order chi connectivity index (χ1) is 7.09. The highest BCUT2D eigenvalue weighted by Gasteiger charge is 2.01. The molecule has 0 spiro atoms. The van der Waals surface area contributed by atoms with E-state index < -0.39 is 0 Å². The van der Waals surface area contributed by atoms with Crippen LogP contribution in [0.25, 0.3) is 0 Å². The average molecular weight is 210 g/mol. The van der Waals surface area contributed by atoms with E-state index in [9.17, 15) is 4.39 Å². The van der Waals surface area contributed by atoms with Crippen LogP contribution in [0.15, 0.2) is 24.3 Å². The standard InChI is InChI=1S/C12H19FN2/c1-10(2)14-7-8-15(3)12-6-4-5-11(13)9-12/h4-6,9-10,14H,7-8H2,1-3H3. The topological polar surface area (TPSA) is 15.3 Å². The normalized spacial score (nSPS) is 10.7. The summed E-state index contributed by atoms with van der Waals surface area (Å²) in [5.41, 5.74) is 0.917. The van der Waals surface area contributed by atoms with Crippen molar-refractivity contribution in [2.75, 3.05) is 25.0 Å². The highest BCUT2D eigenvalue weighted by Crippen LogP contribution is 2.12. The van der Waals surface area contributed by atoms with Gasteiger partial charge in [-0.05, 0) is 18.2 Å². The lowest BCUT2D eigenvalue weighted by molar-refractivity contribution is 0.588. The molecule has 3 heteroatoms. The third-order valence-electron chi connectivity index (χ3n) is 2.25. The summed E-state index contributed by atoms with van der Waals surface area (Å²) in [6.45, 7) is 6.01. The predicted molar refractivity (Wildman–Crippen MR) is 62.8 cm³/mol. The zero-order valence-electron chi connectivity index (χ0n) is 9.63. The van der Waals surface area contributed by atoms with Gasteiger partial charge in [0.25, 0.3) is 0 Å². The van der Waals surface area contributed by atoms with E-state index in [0.29, 0.717) is 6.04 Å². The van der Waals surface area contributed by atoms with Gasteiger partial charge in [-0.15, -0.1) is 0 Å². The van der Waals surface area contributed by atoms with Crippen molar-refractivity contribution in [1.82, 2.24) is 5.32 Å². The van der Waals surface area contributed by atoms with Crippen molar-refractivity contribution in [3.05, 3.63) is 30.1 Å². The van der Waals surface area contributed by atoms with Crippen molar-refractivity contribution in [3.63, 3.8) is 0 Å². The minimum atomic E-state index is -0.184. The van der Waals surface area contributed by atoms with Crippen molar-refractivity contribution in [1.29, 1.82) is 0 Å². The van der Waals surface area contributed by atoms with E-state index in [4.69, 9.17) is 0 Å². The lowest BCUT2D eigenvalue weighted by atomic mass is 10.3. The Kier molecular flexibility index (Phi) is 4.56. The highest BCUT2D eigenvalue weighted by molar-refractivity contribution is 5.45. The van der Waals surface area contributed by atoms with Crippen molar-refractivity contribution in [2.45, 2.75) is 19.9 Å². The molecule has 0 bridgehead atoms. The summed E-state index contributed by atoms with van der Waals surface area (Å²) in [6.07, 6.45) is 0. The molecule has 0 saturated heterocycles. The molecule has 0 aromatic heterocycles. The van der Waals surface area contributed by atoms with Gasteiger partial charge in [0.2, 0.25) is 0 Å². The number of nitrogens with one attached hydrogen (secondary N) is 1. The van der Waals surface area contributed by atoms with E-state index in [0.717, 1.165) is 18.8 Å². The van der Waals surface area contributed by atoms with E-state index in [1.165, 1.54) is 6.07 Å². The van der Waals surface area contributed by atoms with Crippen LogP contribution in [0.1, 0.15) is 13.8 Å². The van der Waals surface area contributed by atoms with Gasteiger partial charge in [0.15, 0.2) is 0 Å². The summed E-state index contributed by atoms with van der Waals surface area (Å²) >= 11 is 0. The molecule has 0 aliphatic rings. The Hall–Kier alpha value is -1.09. The Morgan fingerprint density at radius 1 is 1.40 bits per heavy atom. The molecule has 0 heterocycles. The van der Waals surface area contributed by atoms with Crippen LogP contribution in [-0.4, -0.2) is 26.2 Å². The molecule has 0 fully saturated rings. The molecular weight excluding hydrogens is 191 g/mol. The van der Waals surface area contributed by atoms with E-state index in [2.05, 4.69) is 19.2 Å². The summed E-state index contributed by atoms with van der Waals surface area (Å²) < 4.78 is 12.9. The maximum Gasteiger partial charge on any atom is 0.125 e. The third-order valence-corrected chi connectivity index (χ3v) is 2.25. The summed E-state index contributed by atoms with van der Waals surface area (Å²) in [5.74, 6) is -0.184. The van der Waals surface area contributed by atoms with Gasteiger partial charge >= 0.3 is 0 Å². The first-order valence-electron chi connectivity index (χ1n) is 5.29. The van der Waals surface area contributed by atoms with Crippen LogP contribution < -0.4 is 10.2 Å². The van der Waals surface area contributed by atoms with Crippen molar-refractivity contribution >= 4 is 5.69 Å². The number of rotatable bonds is 5. The lowest BCUT2D eigenvalue weighted by Crippen LogP contribution is -2.32. The average Bonchev–Trinajstić information content (AvgIpc) is 2.17. The molecule has 1 aromatic rings. The minimum Gasteiger partial charge on any atom is -0.373 e. The minimum absolute atomic E-state index is 0.184. The van der Waals surface area contributed by atoms with E-state index in [1.807, 2.05) is 18.0 Å². The Morgan fingerprint density at radius 2 is 2.13 bits per heavy atom. The lowest BCUT2D eigenvalue weighted by Gasteiger charge is -2.20. The van der Waals surface area contributed by atoms with Crippen LogP contribution in [0.3, 0.4) is 0 Å². The molecule has 0 atom stereocenters. The second kappa shape index (κ2) is 5.71. The molecular formula is C12H19FN2. The van der Waals surface area contributed by atoms with Gasteiger partial charge < -0.3 is 10.2 Å². The number of likely N-dealkylation sites (N-methyl/N-ethyl adjacent to an activating group) is 1. The molecule has 84 valence electrons. The number of halogens is 1. The summed E-state index contributed by atoms with van der Waals surface area (Å²) in [6, 6.07) is 7.15. The molecule has 0 radical (unpaired) electrons. The molecule has 0 aliphatic carbocycles. The third kappa shape index (κ3) is 4.30. The van der Waals surface area contributed by atoms with E-state index in [1.54, 1.807) is 12.1 Å². The molecule has 1 N–H and O–H groups in total. The Labute approximate surface area is 91.1 Å². The van der Waals surface area contributed by atoms with Gasteiger partial charge in [-0.2, -0.15) is 0 Å². The van der Waals surface area contributed by atoms with Gasteiger partial charge in [0.05, 0.1) is 0 Å². The predicted octanol–water partition coefficient (Wildman–Crippen LogP) is 2.26. The van der Waals surface area contributed by atoms with Gasteiger partial charge in [-0.1, -0.05) is 19.9 Å². The van der Waals surface area contributed by atoms with Gasteiger partial charge in [0.1, 0.15) is 5.82 Å². The number of hydrogen-bond donors (Lipinski definition) is 1. The van der Waals surface area contributed by atoms with Crippen molar-refractivity contribution < 1.29 is 4.39 Å². The smallest absolute Gasteiger partial charge is 0.125 e. The largest absolute Gasteiger partial charge is 0.373 e. The van der Waals surface area contributed by atoms with Crippen LogP contribution in [0.5, 0.6) is 0 Å². The molecule has 0 saturated carbocycles. The van der Waals surface area contributed by atoms with E-state index in [-0.39, 0.29) is 5.82 Å². The number of anilines is 1. The van der Waals surface area contributed by atoms with E-state index >= 15 is 0 Å². The summed E-state index contributed by atoms with van der Waals surface area (Å²) in [4.78, 5) is 2.04. The Morgan fingerprint density at radius 3 is 2.73 bits per heavy atom. The summed E-state index contributed by atoms with van der Waals surface area (Å²) in [5, 5.41) is 3.33. The van der Waals surface area contributed by atoms with Crippen LogP contribution >= 0.6 is 0 Å². The van der Waals surface area contributed by atoms with Crippen LogP contribution in [0.2, 0.25) is 0 Å². The fourth-order valence-electron chi connectivity index (χ4n) is 1.36. The zero-order valence-corrected chi connectivity index (χ0v) is 9.63. The van der Waals surface area contributed by atoms with Crippen molar-refractivity contribution in [2.24, 2.45) is 0 Å². The maximum atomic E-state index is 12.9. The second-order valence-corrected chi connectivity index (χ2v) is 4.01. The summed E-state index contributed by atoms with van der Waals surface area (Å²) in [7, 11) is 1.97. The van der Waals surface area contributed by atoms with Gasteiger partial charge in [-0.25, -0.2) is 4.39 Å². The highest BCUT2D eigenvalue weighted by atomic mass is 19.1. The second-order valence-electron chi connectivity index (χ2n) is 4.01. The van der Waals surface area contributed by atoms with Crippen LogP contribution in [-0.2, 0) is 0 Å². The molecule has 15 heavy (non-hydrogen) atoms. The SMILES string of the molecule is CC(C)NCCN(C)c1cccc(F)c1. The van der Waals surface area contributed by atoms with Gasteiger partial charge in [0, 0.05) is 31.9 Å². The number of hydrogen-bond acceptors (Lipinski definition) is 2. The zero-order chi connectivity index (χ0) is 11.3. The molecule has 2 nitrogen and oxygen atoms in total.